The zero-order valence-corrected chi connectivity index (χ0v) is 20.4. The summed E-state index contributed by atoms with van der Waals surface area (Å²) in [5.74, 6) is -0.975. The number of likely N-dealkylation sites (tertiary alicyclic amines) is 1. The molecule has 2 atom stereocenters. The molecule has 4 rings (SSSR count). The summed E-state index contributed by atoms with van der Waals surface area (Å²) in [6.45, 7) is 0.918. The van der Waals surface area contributed by atoms with Gasteiger partial charge in [0.25, 0.3) is 0 Å². The van der Waals surface area contributed by atoms with E-state index in [1.54, 1.807) is 24.3 Å². The summed E-state index contributed by atoms with van der Waals surface area (Å²) >= 11 is 0. The number of nitrogens with zero attached hydrogens (tertiary/aromatic N) is 1. The first-order chi connectivity index (χ1) is 18.0. The Labute approximate surface area is 215 Å². The molecule has 0 saturated carbocycles. The van der Waals surface area contributed by atoms with E-state index in [-0.39, 0.29) is 13.0 Å². The molecule has 0 unspecified atom stereocenters. The monoisotopic (exact) mass is 502 g/mol. The Morgan fingerprint density at radius 2 is 1.49 bits per heavy atom. The van der Waals surface area contributed by atoms with E-state index in [9.17, 15) is 19.5 Å². The van der Waals surface area contributed by atoms with Crippen LogP contribution in [0.15, 0.2) is 84.9 Å². The molecule has 0 spiro atoms. The molecule has 3 aromatic carbocycles. The van der Waals surface area contributed by atoms with Crippen LogP contribution >= 0.6 is 0 Å². The lowest BCUT2D eigenvalue weighted by Gasteiger charge is -2.25. The third-order valence-electron chi connectivity index (χ3n) is 6.22. The number of amides is 2. The molecule has 0 bridgehead atoms. The first kappa shape index (κ1) is 25.8. The van der Waals surface area contributed by atoms with E-state index >= 15 is 0 Å². The number of benzene rings is 3. The fourth-order valence-electron chi connectivity index (χ4n) is 4.23. The van der Waals surface area contributed by atoms with E-state index in [1.165, 1.54) is 4.90 Å². The van der Waals surface area contributed by atoms with Crippen LogP contribution in [0.5, 0.6) is 5.75 Å². The van der Waals surface area contributed by atoms with Crippen LogP contribution in [0, 0.1) is 0 Å². The minimum absolute atomic E-state index is 0.102. The molecular weight excluding hydrogens is 472 g/mol. The second-order valence-corrected chi connectivity index (χ2v) is 8.91. The van der Waals surface area contributed by atoms with Crippen LogP contribution in [-0.2, 0) is 34.0 Å². The van der Waals surface area contributed by atoms with Gasteiger partial charge in [-0.3, -0.25) is 9.69 Å². The lowest BCUT2D eigenvalue weighted by Crippen LogP contribution is -2.51. The number of aliphatic carboxylic acids is 1. The Bertz CT molecular complexity index is 1180. The minimum Gasteiger partial charge on any atom is -0.489 e. The molecule has 192 valence electrons. The van der Waals surface area contributed by atoms with E-state index in [0.29, 0.717) is 31.7 Å². The molecular formula is C29H30N2O6. The van der Waals surface area contributed by atoms with Crippen LogP contribution in [-0.4, -0.2) is 46.6 Å². The van der Waals surface area contributed by atoms with Crippen LogP contribution in [0.1, 0.15) is 29.5 Å². The van der Waals surface area contributed by atoms with Gasteiger partial charge in [0.2, 0.25) is 5.91 Å². The Hall–Kier alpha value is -4.33. The topological polar surface area (TPSA) is 105 Å². The van der Waals surface area contributed by atoms with Gasteiger partial charge in [0, 0.05) is 13.0 Å². The number of rotatable bonds is 10. The molecule has 0 aliphatic carbocycles. The third-order valence-corrected chi connectivity index (χ3v) is 6.22. The average Bonchev–Trinajstić information content (AvgIpc) is 3.42. The van der Waals surface area contributed by atoms with Gasteiger partial charge < -0.3 is 19.9 Å². The first-order valence-electron chi connectivity index (χ1n) is 12.3. The van der Waals surface area contributed by atoms with E-state index in [2.05, 4.69) is 5.32 Å². The number of carbonyl (C=O) groups is 3. The van der Waals surface area contributed by atoms with Crippen molar-refractivity contribution in [2.45, 2.75) is 44.6 Å². The highest BCUT2D eigenvalue weighted by atomic mass is 16.6. The Morgan fingerprint density at radius 1 is 0.865 bits per heavy atom. The van der Waals surface area contributed by atoms with E-state index < -0.39 is 30.1 Å². The molecule has 3 aromatic rings. The summed E-state index contributed by atoms with van der Waals surface area (Å²) in [5.41, 5.74) is 2.63. The lowest BCUT2D eigenvalue weighted by molar-refractivity contribution is -0.142. The number of nitrogens with one attached hydrogen (secondary N) is 1. The summed E-state index contributed by atoms with van der Waals surface area (Å²) in [4.78, 5) is 38.9. The van der Waals surface area contributed by atoms with Gasteiger partial charge in [0.05, 0.1) is 0 Å². The van der Waals surface area contributed by atoms with Crippen molar-refractivity contribution in [2.75, 3.05) is 6.54 Å². The van der Waals surface area contributed by atoms with Crippen LogP contribution in [0.2, 0.25) is 0 Å². The van der Waals surface area contributed by atoms with Crippen molar-refractivity contribution in [2.24, 2.45) is 0 Å². The predicted molar refractivity (Wildman–Crippen MR) is 137 cm³/mol. The zero-order chi connectivity index (χ0) is 26.0. The van der Waals surface area contributed by atoms with Gasteiger partial charge in [0.15, 0.2) is 0 Å². The van der Waals surface area contributed by atoms with Gasteiger partial charge in [0.1, 0.15) is 31.0 Å². The standard InChI is InChI=1S/C29H30N2O6/c32-27(26-12-7-17-31(26)29(35)37-20-23-10-5-2-6-11-23)30-25(28(33)34)18-21-13-15-24(16-14-21)36-19-22-8-3-1-4-9-22/h1-6,8-11,13-16,25-26H,7,12,17-20H2,(H,30,32)(H,33,34)/t25-,26+/m0/s1. The summed E-state index contributed by atoms with van der Waals surface area (Å²) in [6, 6.07) is 24.3. The molecule has 1 fully saturated rings. The molecule has 0 aromatic heterocycles. The Kier molecular flexibility index (Phi) is 8.75. The maximum absolute atomic E-state index is 13.0. The highest BCUT2D eigenvalue weighted by Gasteiger charge is 2.36. The number of ether oxygens (including phenoxy) is 2. The van der Waals surface area contributed by atoms with Gasteiger partial charge in [-0.05, 0) is 41.7 Å². The van der Waals surface area contributed by atoms with Crippen molar-refractivity contribution in [3.63, 3.8) is 0 Å². The largest absolute Gasteiger partial charge is 0.489 e. The fourth-order valence-corrected chi connectivity index (χ4v) is 4.23. The fraction of sp³-hybridized carbons (Fsp3) is 0.276. The van der Waals surface area contributed by atoms with Gasteiger partial charge >= 0.3 is 12.1 Å². The highest BCUT2D eigenvalue weighted by Crippen LogP contribution is 2.20. The van der Waals surface area contributed by atoms with E-state index in [1.807, 2.05) is 60.7 Å². The number of hydrogen-bond acceptors (Lipinski definition) is 5. The van der Waals surface area contributed by atoms with E-state index in [4.69, 9.17) is 9.47 Å². The van der Waals surface area contributed by atoms with E-state index in [0.717, 1.165) is 16.7 Å². The van der Waals surface area contributed by atoms with Crippen molar-refractivity contribution >= 4 is 18.0 Å². The maximum atomic E-state index is 13.0. The van der Waals surface area contributed by atoms with Crippen molar-refractivity contribution < 1.29 is 29.0 Å². The number of hydrogen-bond donors (Lipinski definition) is 2. The SMILES string of the molecule is O=C(O)[C@H](Cc1ccc(OCc2ccccc2)cc1)NC(=O)[C@H]1CCCN1C(=O)OCc1ccccc1. The predicted octanol–water partition coefficient (Wildman–Crippen LogP) is 4.18. The normalized spacial score (nSPS) is 15.6. The maximum Gasteiger partial charge on any atom is 0.410 e. The molecule has 1 aliphatic rings. The Balaban J connectivity index is 1.30. The number of carbonyl (C=O) groups excluding carboxylic acids is 2. The van der Waals surface area contributed by atoms with Gasteiger partial charge in [-0.1, -0.05) is 72.8 Å². The van der Waals surface area contributed by atoms with Crippen LogP contribution < -0.4 is 10.1 Å². The van der Waals surface area contributed by atoms with Gasteiger partial charge in [-0.2, -0.15) is 0 Å². The zero-order valence-electron chi connectivity index (χ0n) is 20.4. The Morgan fingerprint density at radius 3 is 2.11 bits per heavy atom. The molecule has 1 saturated heterocycles. The van der Waals surface area contributed by atoms with Crippen LogP contribution in [0.3, 0.4) is 0 Å². The molecule has 8 heteroatoms. The molecule has 2 amide bonds. The minimum atomic E-state index is -1.14. The van der Waals surface area contributed by atoms with Crippen molar-refractivity contribution in [1.82, 2.24) is 10.2 Å². The summed E-state index contributed by atoms with van der Waals surface area (Å²) in [5, 5.41) is 12.3. The molecule has 0 radical (unpaired) electrons. The molecule has 1 heterocycles. The third kappa shape index (κ3) is 7.33. The summed E-state index contributed by atoms with van der Waals surface area (Å²) < 4.78 is 11.2. The lowest BCUT2D eigenvalue weighted by atomic mass is 10.0. The smallest absolute Gasteiger partial charge is 0.410 e. The average molecular weight is 503 g/mol. The van der Waals surface area contributed by atoms with Gasteiger partial charge in [-0.15, -0.1) is 0 Å². The van der Waals surface area contributed by atoms with Crippen LogP contribution in [0.25, 0.3) is 0 Å². The summed E-state index contributed by atoms with van der Waals surface area (Å²) in [6.07, 6.45) is 0.609. The number of carboxylic acid groups (broad SMARTS) is 1. The van der Waals surface area contributed by atoms with Crippen molar-refractivity contribution in [1.29, 1.82) is 0 Å². The number of carboxylic acids is 1. The van der Waals surface area contributed by atoms with Crippen molar-refractivity contribution in [3.8, 4) is 5.75 Å². The van der Waals surface area contributed by atoms with Crippen LogP contribution in [0.4, 0.5) is 4.79 Å². The summed E-state index contributed by atoms with van der Waals surface area (Å²) in [7, 11) is 0. The molecule has 37 heavy (non-hydrogen) atoms. The second-order valence-electron chi connectivity index (χ2n) is 8.91. The quantitative estimate of drug-likeness (QED) is 0.431. The first-order valence-corrected chi connectivity index (χ1v) is 12.3. The van der Waals surface area contributed by atoms with Crippen molar-refractivity contribution in [3.05, 3.63) is 102 Å². The molecule has 1 aliphatic heterocycles. The molecule has 2 N–H and O–H groups in total. The van der Waals surface area contributed by atoms with Gasteiger partial charge in [-0.25, -0.2) is 9.59 Å². The highest BCUT2D eigenvalue weighted by molar-refractivity contribution is 5.89. The molecule has 8 nitrogen and oxygen atoms in total. The second kappa shape index (κ2) is 12.6.